The number of ether oxygens (including phenoxy) is 1. The number of benzene rings is 1. The van der Waals surface area contributed by atoms with Gasteiger partial charge < -0.3 is 14.5 Å². The van der Waals surface area contributed by atoms with Gasteiger partial charge >= 0.3 is 0 Å². The molecule has 4 nitrogen and oxygen atoms in total. The lowest BCUT2D eigenvalue weighted by Crippen LogP contribution is -2.33. The summed E-state index contributed by atoms with van der Waals surface area (Å²) < 4.78 is 10.4. The third kappa shape index (κ3) is 3.61. The second kappa shape index (κ2) is 6.09. The topological polar surface area (TPSA) is 51.5 Å². The number of hydrogen-bond donors (Lipinski definition) is 1. The van der Waals surface area contributed by atoms with Crippen LogP contribution in [0.3, 0.4) is 0 Å². The molecule has 1 N–H and O–H groups in total. The molecule has 0 radical (unpaired) electrons. The quantitative estimate of drug-likeness (QED) is 0.898. The molecule has 100 valence electrons. The second-order valence-electron chi connectivity index (χ2n) is 4.39. The Labute approximate surface area is 112 Å². The van der Waals surface area contributed by atoms with E-state index in [4.69, 9.17) is 9.15 Å². The minimum absolute atomic E-state index is 0.00449. The van der Waals surface area contributed by atoms with E-state index in [1.54, 1.807) is 31.6 Å². The van der Waals surface area contributed by atoms with Gasteiger partial charge in [-0.1, -0.05) is 6.07 Å². The summed E-state index contributed by atoms with van der Waals surface area (Å²) in [6, 6.07) is 10.8. The Kier molecular flexibility index (Phi) is 4.23. The molecule has 19 heavy (non-hydrogen) atoms. The monoisotopic (exact) mass is 259 g/mol. The van der Waals surface area contributed by atoms with Crippen LogP contribution in [0.25, 0.3) is 0 Å². The van der Waals surface area contributed by atoms with Crippen molar-refractivity contribution in [1.82, 2.24) is 5.32 Å². The van der Waals surface area contributed by atoms with E-state index in [-0.39, 0.29) is 11.9 Å². The van der Waals surface area contributed by atoms with Crippen LogP contribution >= 0.6 is 0 Å². The molecule has 0 saturated carbocycles. The largest absolute Gasteiger partial charge is 0.497 e. The zero-order chi connectivity index (χ0) is 13.7. The number of hydrogen-bond acceptors (Lipinski definition) is 3. The van der Waals surface area contributed by atoms with Gasteiger partial charge in [0.2, 0.25) is 0 Å². The molecule has 0 aliphatic heterocycles. The smallest absolute Gasteiger partial charge is 0.251 e. The zero-order valence-electron chi connectivity index (χ0n) is 11.1. The first-order valence-corrected chi connectivity index (χ1v) is 6.16. The Balaban J connectivity index is 1.96. The van der Waals surface area contributed by atoms with Crippen molar-refractivity contribution in [2.24, 2.45) is 0 Å². The molecule has 1 unspecified atom stereocenters. The fraction of sp³-hybridized carbons (Fsp3) is 0.267. The first kappa shape index (κ1) is 13.2. The minimum Gasteiger partial charge on any atom is -0.497 e. The van der Waals surface area contributed by atoms with E-state index in [2.05, 4.69) is 5.32 Å². The number of rotatable bonds is 5. The summed E-state index contributed by atoms with van der Waals surface area (Å²) in [5.41, 5.74) is 0.589. The van der Waals surface area contributed by atoms with Gasteiger partial charge in [0.05, 0.1) is 13.4 Å². The van der Waals surface area contributed by atoms with Gasteiger partial charge in [-0.25, -0.2) is 0 Å². The summed E-state index contributed by atoms with van der Waals surface area (Å²) in [7, 11) is 1.58. The number of methoxy groups -OCH3 is 1. The number of nitrogens with one attached hydrogen (secondary N) is 1. The molecule has 2 aromatic rings. The normalized spacial score (nSPS) is 11.9. The number of carbonyl (C=O) groups is 1. The Morgan fingerprint density at radius 3 is 2.89 bits per heavy atom. The molecule has 0 saturated heterocycles. The number of carbonyl (C=O) groups excluding carboxylic acids is 1. The predicted molar refractivity (Wildman–Crippen MR) is 72.3 cm³/mol. The van der Waals surface area contributed by atoms with Crippen LogP contribution in [-0.2, 0) is 6.42 Å². The Morgan fingerprint density at radius 1 is 1.37 bits per heavy atom. The first-order chi connectivity index (χ1) is 9.19. The van der Waals surface area contributed by atoms with Crippen molar-refractivity contribution in [2.75, 3.05) is 7.11 Å². The lowest BCUT2D eigenvalue weighted by molar-refractivity contribution is 0.0939. The maximum Gasteiger partial charge on any atom is 0.251 e. The highest BCUT2D eigenvalue weighted by molar-refractivity contribution is 5.94. The van der Waals surface area contributed by atoms with Gasteiger partial charge in [0.15, 0.2) is 0 Å². The van der Waals surface area contributed by atoms with Gasteiger partial charge in [0.1, 0.15) is 11.5 Å². The summed E-state index contributed by atoms with van der Waals surface area (Å²) in [6.07, 6.45) is 2.30. The van der Waals surface area contributed by atoms with Crippen LogP contribution in [0.5, 0.6) is 5.75 Å². The number of amides is 1. The van der Waals surface area contributed by atoms with Crippen LogP contribution < -0.4 is 10.1 Å². The molecule has 0 aliphatic rings. The number of furan rings is 1. The van der Waals surface area contributed by atoms with Crippen LogP contribution in [0.4, 0.5) is 0 Å². The second-order valence-corrected chi connectivity index (χ2v) is 4.39. The van der Waals surface area contributed by atoms with E-state index in [0.29, 0.717) is 17.7 Å². The van der Waals surface area contributed by atoms with E-state index in [9.17, 15) is 4.79 Å². The third-order valence-electron chi connectivity index (χ3n) is 2.80. The van der Waals surface area contributed by atoms with Gasteiger partial charge in [-0.3, -0.25) is 4.79 Å². The Hall–Kier alpha value is -2.23. The van der Waals surface area contributed by atoms with Crippen LogP contribution in [0.15, 0.2) is 47.1 Å². The predicted octanol–water partition coefficient (Wildman–Crippen LogP) is 2.65. The summed E-state index contributed by atoms with van der Waals surface area (Å²) in [6.45, 7) is 1.95. The van der Waals surface area contributed by atoms with Crippen LogP contribution in [0.2, 0.25) is 0 Å². The molecule has 2 rings (SSSR count). The standard InChI is InChI=1S/C15H17NO3/c1-11(9-14-7-4-8-19-14)16-15(17)12-5-3-6-13(10-12)18-2/h3-8,10-11H,9H2,1-2H3,(H,16,17). The molecule has 1 aromatic heterocycles. The third-order valence-corrected chi connectivity index (χ3v) is 2.80. The maximum atomic E-state index is 12.1. The van der Waals surface area contributed by atoms with Crippen molar-refractivity contribution in [1.29, 1.82) is 0 Å². The highest BCUT2D eigenvalue weighted by Crippen LogP contribution is 2.13. The molecule has 1 atom stereocenters. The highest BCUT2D eigenvalue weighted by atomic mass is 16.5. The summed E-state index contributed by atoms with van der Waals surface area (Å²) in [5, 5.41) is 2.93. The average Bonchev–Trinajstić information content (AvgIpc) is 2.91. The zero-order valence-corrected chi connectivity index (χ0v) is 11.1. The van der Waals surface area contributed by atoms with E-state index in [1.807, 2.05) is 25.1 Å². The molecule has 4 heteroatoms. The summed E-state index contributed by atoms with van der Waals surface area (Å²) >= 11 is 0. The van der Waals surface area contributed by atoms with Crippen LogP contribution in [0.1, 0.15) is 23.0 Å². The molecular formula is C15H17NO3. The van der Waals surface area contributed by atoms with E-state index < -0.39 is 0 Å². The Morgan fingerprint density at radius 2 is 2.21 bits per heavy atom. The van der Waals surface area contributed by atoms with E-state index in [1.165, 1.54) is 0 Å². The van der Waals surface area contributed by atoms with Gasteiger partial charge in [-0.2, -0.15) is 0 Å². The van der Waals surface area contributed by atoms with Gasteiger partial charge in [-0.15, -0.1) is 0 Å². The SMILES string of the molecule is COc1cccc(C(=O)NC(C)Cc2ccco2)c1. The summed E-state index contributed by atoms with van der Waals surface area (Å²) in [4.78, 5) is 12.1. The van der Waals surface area contributed by atoms with Gasteiger partial charge in [0.25, 0.3) is 5.91 Å². The minimum atomic E-state index is -0.113. The van der Waals surface area contributed by atoms with Crippen molar-refractivity contribution in [3.05, 3.63) is 54.0 Å². The van der Waals surface area contributed by atoms with Crippen LogP contribution in [0, 0.1) is 0 Å². The summed E-state index contributed by atoms with van der Waals surface area (Å²) in [5.74, 6) is 1.42. The van der Waals surface area contributed by atoms with Crippen molar-refractivity contribution in [2.45, 2.75) is 19.4 Å². The molecule has 1 aromatic carbocycles. The molecule has 0 fully saturated rings. The lowest BCUT2D eigenvalue weighted by Gasteiger charge is -2.13. The van der Waals surface area contributed by atoms with Crippen molar-refractivity contribution < 1.29 is 13.9 Å². The van der Waals surface area contributed by atoms with Crippen molar-refractivity contribution in [3.8, 4) is 5.75 Å². The van der Waals surface area contributed by atoms with E-state index >= 15 is 0 Å². The first-order valence-electron chi connectivity index (χ1n) is 6.16. The molecule has 1 heterocycles. The Bertz CT molecular complexity index is 534. The molecular weight excluding hydrogens is 242 g/mol. The van der Waals surface area contributed by atoms with E-state index in [0.717, 1.165) is 5.76 Å². The molecule has 1 amide bonds. The fourth-order valence-electron chi connectivity index (χ4n) is 1.85. The van der Waals surface area contributed by atoms with Crippen LogP contribution in [-0.4, -0.2) is 19.1 Å². The van der Waals surface area contributed by atoms with Gasteiger partial charge in [0, 0.05) is 18.0 Å². The molecule has 0 spiro atoms. The maximum absolute atomic E-state index is 12.1. The average molecular weight is 259 g/mol. The molecule has 0 bridgehead atoms. The van der Waals surface area contributed by atoms with Crippen molar-refractivity contribution in [3.63, 3.8) is 0 Å². The lowest BCUT2D eigenvalue weighted by atomic mass is 10.1. The fourth-order valence-corrected chi connectivity index (χ4v) is 1.85. The highest BCUT2D eigenvalue weighted by Gasteiger charge is 2.11. The van der Waals surface area contributed by atoms with Crippen molar-refractivity contribution >= 4 is 5.91 Å². The molecule has 0 aliphatic carbocycles. The van der Waals surface area contributed by atoms with Gasteiger partial charge in [-0.05, 0) is 37.3 Å².